The Bertz CT molecular complexity index is 596. The number of sulfonamides is 1. The van der Waals surface area contributed by atoms with Crippen LogP contribution in [-0.4, -0.2) is 20.1 Å². The summed E-state index contributed by atoms with van der Waals surface area (Å²) in [5.41, 5.74) is -0.897. The first-order valence-electron chi connectivity index (χ1n) is 6.09. The number of nitrogens with zero attached hydrogens (tertiary/aromatic N) is 1. The van der Waals surface area contributed by atoms with E-state index in [1.807, 2.05) is 19.9 Å². The Labute approximate surface area is 113 Å². The minimum Gasteiger partial charge on any atom is -0.491 e. The second kappa shape index (κ2) is 4.83. The predicted octanol–water partition coefficient (Wildman–Crippen LogP) is 1.81. The van der Waals surface area contributed by atoms with Gasteiger partial charge in [0.25, 0.3) is 0 Å². The third kappa shape index (κ3) is 3.25. The largest absolute Gasteiger partial charge is 0.491 e. The van der Waals surface area contributed by atoms with Crippen molar-refractivity contribution in [2.75, 3.05) is 0 Å². The van der Waals surface area contributed by atoms with Gasteiger partial charge >= 0.3 is 0 Å². The van der Waals surface area contributed by atoms with Gasteiger partial charge in [-0.3, -0.25) is 0 Å². The molecular weight excluding hydrogens is 264 g/mol. The van der Waals surface area contributed by atoms with Crippen LogP contribution in [0.15, 0.2) is 29.2 Å². The number of nitriles is 1. The number of hydrogen-bond acceptors (Lipinski definition) is 4. The van der Waals surface area contributed by atoms with E-state index in [0.717, 1.165) is 0 Å². The lowest BCUT2D eigenvalue weighted by molar-refractivity contribution is 0.242. The lowest BCUT2D eigenvalue weighted by Gasteiger charge is -2.12. The molecule has 102 valence electrons. The fourth-order valence-corrected chi connectivity index (χ4v) is 3.02. The minimum atomic E-state index is -3.64. The molecule has 1 aliphatic rings. The van der Waals surface area contributed by atoms with Crippen molar-refractivity contribution in [1.29, 1.82) is 5.26 Å². The van der Waals surface area contributed by atoms with Crippen molar-refractivity contribution < 1.29 is 13.2 Å². The van der Waals surface area contributed by atoms with Gasteiger partial charge in [0.05, 0.1) is 17.1 Å². The quantitative estimate of drug-likeness (QED) is 0.892. The summed E-state index contributed by atoms with van der Waals surface area (Å²) in [5, 5.41) is 8.91. The molecule has 5 nitrogen and oxygen atoms in total. The van der Waals surface area contributed by atoms with Gasteiger partial charge in [0, 0.05) is 0 Å². The molecule has 0 spiro atoms. The van der Waals surface area contributed by atoms with Crippen LogP contribution >= 0.6 is 0 Å². The van der Waals surface area contributed by atoms with E-state index in [0.29, 0.717) is 18.6 Å². The van der Waals surface area contributed by atoms with Crippen LogP contribution in [0.5, 0.6) is 5.75 Å². The van der Waals surface area contributed by atoms with Crippen LogP contribution in [-0.2, 0) is 10.0 Å². The van der Waals surface area contributed by atoms with Crippen LogP contribution in [0.1, 0.15) is 26.7 Å². The van der Waals surface area contributed by atoms with Gasteiger partial charge in [0.1, 0.15) is 11.3 Å². The van der Waals surface area contributed by atoms with Gasteiger partial charge in [-0.15, -0.1) is 0 Å². The molecule has 1 fully saturated rings. The number of nitrogens with one attached hydrogen (secondary N) is 1. The van der Waals surface area contributed by atoms with Crippen molar-refractivity contribution in [1.82, 2.24) is 4.72 Å². The van der Waals surface area contributed by atoms with E-state index in [1.165, 1.54) is 12.1 Å². The van der Waals surface area contributed by atoms with Gasteiger partial charge in [-0.2, -0.15) is 9.98 Å². The average molecular weight is 280 g/mol. The number of rotatable bonds is 5. The first-order valence-corrected chi connectivity index (χ1v) is 7.57. The molecule has 1 aromatic rings. The molecule has 0 aliphatic heterocycles. The summed E-state index contributed by atoms with van der Waals surface area (Å²) < 4.78 is 32.0. The summed E-state index contributed by atoms with van der Waals surface area (Å²) in [4.78, 5) is 0.144. The van der Waals surface area contributed by atoms with Crippen molar-refractivity contribution in [3.05, 3.63) is 24.3 Å². The molecule has 0 amide bonds. The molecule has 0 bridgehead atoms. The summed E-state index contributed by atoms with van der Waals surface area (Å²) in [7, 11) is -3.64. The fraction of sp³-hybridized carbons (Fsp3) is 0.462. The maximum Gasteiger partial charge on any atom is 0.241 e. The van der Waals surface area contributed by atoms with Gasteiger partial charge in [-0.05, 0) is 51.0 Å². The molecule has 6 heteroatoms. The van der Waals surface area contributed by atoms with Gasteiger partial charge < -0.3 is 4.74 Å². The fourth-order valence-electron chi connectivity index (χ4n) is 1.65. The molecule has 1 saturated carbocycles. The van der Waals surface area contributed by atoms with Crippen LogP contribution in [0, 0.1) is 11.3 Å². The SMILES string of the molecule is CC(C)Oc1ccc(S(=O)(=O)NC2(C#N)CC2)cc1. The Morgan fingerprint density at radius 3 is 2.32 bits per heavy atom. The predicted molar refractivity (Wildman–Crippen MR) is 70.1 cm³/mol. The summed E-state index contributed by atoms with van der Waals surface area (Å²) in [6, 6.07) is 8.18. The zero-order valence-electron chi connectivity index (χ0n) is 10.9. The van der Waals surface area contributed by atoms with E-state index in [9.17, 15) is 8.42 Å². The topological polar surface area (TPSA) is 79.2 Å². The maximum atomic E-state index is 12.1. The monoisotopic (exact) mass is 280 g/mol. The van der Waals surface area contributed by atoms with E-state index in [2.05, 4.69) is 4.72 Å². The van der Waals surface area contributed by atoms with Crippen LogP contribution in [0.3, 0.4) is 0 Å². The minimum absolute atomic E-state index is 0.0360. The first-order chi connectivity index (χ1) is 8.87. The van der Waals surface area contributed by atoms with Gasteiger partial charge in [-0.1, -0.05) is 0 Å². The second-order valence-electron chi connectivity index (χ2n) is 4.94. The Morgan fingerprint density at radius 2 is 1.89 bits per heavy atom. The third-order valence-electron chi connectivity index (χ3n) is 2.80. The molecule has 0 unspecified atom stereocenters. The van der Waals surface area contributed by atoms with E-state index >= 15 is 0 Å². The van der Waals surface area contributed by atoms with Crippen molar-refractivity contribution in [3.63, 3.8) is 0 Å². The zero-order chi connectivity index (χ0) is 14.1. The second-order valence-corrected chi connectivity index (χ2v) is 6.62. The van der Waals surface area contributed by atoms with E-state index in [4.69, 9.17) is 10.00 Å². The normalized spacial score (nSPS) is 16.9. The highest BCUT2D eigenvalue weighted by Gasteiger charge is 2.46. The Balaban J connectivity index is 2.15. The van der Waals surface area contributed by atoms with E-state index in [-0.39, 0.29) is 11.0 Å². The molecule has 0 saturated heterocycles. The molecule has 0 aromatic heterocycles. The van der Waals surface area contributed by atoms with Crippen LogP contribution in [0.2, 0.25) is 0 Å². The summed E-state index contributed by atoms with van der Waals surface area (Å²) >= 11 is 0. The standard InChI is InChI=1S/C13H16N2O3S/c1-10(2)18-11-3-5-12(6-4-11)19(16,17)15-13(9-14)7-8-13/h3-6,10,15H,7-8H2,1-2H3. The summed E-state index contributed by atoms with van der Waals surface area (Å²) in [6.45, 7) is 3.80. The third-order valence-corrected chi connectivity index (χ3v) is 4.35. The van der Waals surface area contributed by atoms with Crippen LogP contribution in [0.4, 0.5) is 0 Å². The van der Waals surface area contributed by atoms with Gasteiger partial charge in [-0.25, -0.2) is 8.42 Å². The maximum absolute atomic E-state index is 12.1. The average Bonchev–Trinajstić information content (AvgIpc) is 3.09. The highest BCUT2D eigenvalue weighted by atomic mass is 32.2. The van der Waals surface area contributed by atoms with Crippen molar-refractivity contribution >= 4 is 10.0 Å². The molecule has 1 N–H and O–H groups in total. The lowest BCUT2D eigenvalue weighted by atomic mass is 10.3. The Kier molecular flexibility index (Phi) is 3.52. The number of benzene rings is 1. The van der Waals surface area contributed by atoms with Gasteiger partial charge in [0.15, 0.2) is 0 Å². The highest BCUT2D eigenvalue weighted by Crippen LogP contribution is 2.36. The zero-order valence-corrected chi connectivity index (χ0v) is 11.7. The Morgan fingerprint density at radius 1 is 1.32 bits per heavy atom. The van der Waals surface area contributed by atoms with E-state index < -0.39 is 15.6 Å². The van der Waals surface area contributed by atoms with Crippen LogP contribution in [0.25, 0.3) is 0 Å². The molecule has 0 radical (unpaired) electrons. The highest BCUT2D eigenvalue weighted by molar-refractivity contribution is 7.89. The molecule has 1 aromatic carbocycles. The van der Waals surface area contributed by atoms with E-state index in [1.54, 1.807) is 12.1 Å². The van der Waals surface area contributed by atoms with Crippen LogP contribution < -0.4 is 9.46 Å². The molecule has 0 heterocycles. The Hall–Kier alpha value is -1.58. The molecule has 19 heavy (non-hydrogen) atoms. The summed E-state index contributed by atoms with van der Waals surface area (Å²) in [5.74, 6) is 0.621. The first kappa shape index (κ1) is 13.8. The molecule has 1 aliphatic carbocycles. The van der Waals surface area contributed by atoms with Crippen molar-refractivity contribution in [2.45, 2.75) is 43.2 Å². The number of ether oxygens (including phenoxy) is 1. The summed E-state index contributed by atoms with van der Waals surface area (Å²) in [6.07, 6.45) is 1.17. The smallest absolute Gasteiger partial charge is 0.241 e. The molecule has 0 atom stereocenters. The van der Waals surface area contributed by atoms with Crippen molar-refractivity contribution in [3.8, 4) is 11.8 Å². The van der Waals surface area contributed by atoms with Gasteiger partial charge in [0.2, 0.25) is 10.0 Å². The molecular formula is C13H16N2O3S. The number of hydrogen-bond donors (Lipinski definition) is 1. The molecule has 2 rings (SSSR count). The lowest BCUT2D eigenvalue weighted by Crippen LogP contribution is -2.35. The van der Waals surface area contributed by atoms with Crippen molar-refractivity contribution in [2.24, 2.45) is 0 Å².